The van der Waals surface area contributed by atoms with Crippen LogP contribution in [0.15, 0.2) is 29.4 Å². The molecule has 93 valence electrons. The predicted octanol–water partition coefficient (Wildman–Crippen LogP) is 3.73. The fourth-order valence-electron chi connectivity index (χ4n) is 0.978. The van der Waals surface area contributed by atoms with Gasteiger partial charge in [-0.25, -0.2) is 0 Å². The second-order valence-electron chi connectivity index (χ2n) is 4.49. The summed E-state index contributed by atoms with van der Waals surface area (Å²) in [5.41, 5.74) is -0.994. The topological polar surface area (TPSA) is 21.6 Å². The van der Waals surface area contributed by atoms with E-state index in [1.807, 2.05) is 0 Å². The van der Waals surface area contributed by atoms with Crippen LogP contribution in [0.2, 0.25) is 0 Å². The smallest absolute Gasteiger partial charge is 0.390 e. The lowest BCUT2D eigenvalue weighted by atomic mass is 10.1. The van der Waals surface area contributed by atoms with Crippen molar-refractivity contribution in [3.05, 3.63) is 35.4 Å². The molecule has 0 saturated carbocycles. The number of nitrogens with zero attached hydrogens (tertiary/aromatic N) is 1. The lowest BCUT2D eigenvalue weighted by molar-refractivity contribution is -0.137. The molecule has 0 unspecified atom stereocenters. The Balaban J connectivity index is 2.80. The van der Waals surface area contributed by atoms with Gasteiger partial charge in [0.25, 0.3) is 0 Å². The number of hydrogen-bond donors (Lipinski definition) is 0. The Morgan fingerprint density at radius 1 is 1.18 bits per heavy atom. The molecule has 5 heteroatoms. The average molecular weight is 244 g/mol. The minimum atomic E-state index is -4.36. The van der Waals surface area contributed by atoms with Crippen LogP contribution >= 0.6 is 0 Å². The lowest BCUT2D eigenvalue weighted by Gasteiger charge is -2.14. The Bertz CT molecular complexity index is 405. The first-order valence-corrected chi connectivity index (χ1v) is 5.00. The first-order chi connectivity index (χ1) is 7.68. The van der Waals surface area contributed by atoms with Crippen LogP contribution in [0.25, 0.3) is 0 Å². The zero-order valence-electron chi connectivity index (χ0n) is 9.80. The summed E-state index contributed by atoms with van der Waals surface area (Å²) in [6.45, 7) is 5.35. The summed E-state index contributed by atoms with van der Waals surface area (Å²) in [4.78, 5) is 4.99. The van der Waals surface area contributed by atoms with Gasteiger partial charge < -0.3 is 4.84 Å². The molecule has 0 aliphatic heterocycles. The number of rotatable bonds is 2. The molecular weight excluding hydrogens is 231 g/mol. The van der Waals surface area contributed by atoms with Crippen LogP contribution in [-0.2, 0) is 11.0 Å². The van der Waals surface area contributed by atoms with Crippen LogP contribution in [0, 0.1) is 0 Å². The molecule has 0 fully saturated rings. The largest absolute Gasteiger partial charge is 0.416 e. The molecule has 1 rings (SSSR count). The Labute approximate surface area is 98.1 Å². The van der Waals surface area contributed by atoms with Crippen molar-refractivity contribution in [3.63, 3.8) is 0 Å². The maximum Gasteiger partial charge on any atom is 0.416 e. The minimum absolute atomic E-state index is 0.226. The van der Waals surface area contributed by atoms with Gasteiger partial charge in [0, 0.05) is 5.56 Å². The monoisotopic (exact) mass is 244 g/mol. The highest BCUT2D eigenvalue weighted by atomic mass is 19.4. The van der Waals surface area contributed by atoms with Crippen LogP contribution in [0.3, 0.4) is 0 Å². The van der Waals surface area contributed by atoms with Crippen molar-refractivity contribution in [2.75, 3.05) is 0 Å². The van der Waals surface area contributed by atoms with Gasteiger partial charge in [-0.3, -0.25) is 0 Å². The van der Waals surface area contributed by atoms with Gasteiger partial charge in [-0.2, -0.15) is 13.2 Å². The molecule has 0 bridgehead atoms. The van der Waals surface area contributed by atoms with E-state index in [1.165, 1.54) is 12.1 Å². The second-order valence-corrected chi connectivity index (χ2v) is 4.49. The van der Waals surface area contributed by atoms with E-state index in [0.717, 1.165) is 12.1 Å². The highest BCUT2D eigenvalue weighted by Gasteiger charge is 2.30. The normalized spacial score (nSPS) is 13.1. The average Bonchev–Trinajstić information content (AvgIpc) is 2.15. The third-order valence-electron chi connectivity index (χ3n) is 1.68. The Hall–Kier alpha value is -1.52. The molecule has 1 aromatic rings. The molecule has 0 spiro atoms. The van der Waals surface area contributed by atoms with Crippen molar-refractivity contribution in [1.82, 2.24) is 0 Å². The Morgan fingerprint density at radius 2 is 1.82 bits per heavy atom. The number of benzene rings is 1. The van der Waals surface area contributed by atoms with Gasteiger partial charge in [-0.15, -0.1) is 0 Å². The zero-order valence-corrected chi connectivity index (χ0v) is 9.80. The summed E-state index contributed by atoms with van der Waals surface area (Å²) >= 11 is 0. The van der Waals surface area contributed by atoms with Gasteiger partial charge in [0.2, 0.25) is 0 Å². The number of hydrogen-bond acceptors (Lipinski definition) is 2. The molecular formula is C12H13F3NO. The van der Waals surface area contributed by atoms with Gasteiger partial charge in [0.15, 0.2) is 0 Å². The lowest BCUT2D eigenvalue weighted by Crippen LogP contribution is -2.15. The molecule has 0 aliphatic carbocycles. The highest BCUT2D eigenvalue weighted by Crippen LogP contribution is 2.29. The second kappa shape index (κ2) is 4.77. The van der Waals surface area contributed by atoms with E-state index in [-0.39, 0.29) is 5.56 Å². The van der Waals surface area contributed by atoms with Crippen LogP contribution in [0.1, 0.15) is 31.9 Å². The van der Waals surface area contributed by atoms with E-state index in [4.69, 9.17) is 4.84 Å². The van der Waals surface area contributed by atoms with Crippen LogP contribution in [0.5, 0.6) is 0 Å². The predicted molar refractivity (Wildman–Crippen MR) is 58.8 cm³/mol. The first kappa shape index (κ1) is 13.5. The van der Waals surface area contributed by atoms with Crippen molar-refractivity contribution >= 4 is 6.21 Å². The number of halogens is 3. The maximum atomic E-state index is 12.4. The summed E-state index contributed by atoms with van der Waals surface area (Å²) in [6.07, 6.45) is -1.94. The van der Waals surface area contributed by atoms with E-state index in [2.05, 4.69) is 11.4 Å². The van der Waals surface area contributed by atoms with Crippen molar-refractivity contribution in [2.45, 2.75) is 32.5 Å². The molecule has 1 radical (unpaired) electrons. The van der Waals surface area contributed by atoms with Crippen molar-refractivity contribution in [2.24, 2.45) is 5.16 Å². The zero-order chi connectivity index (χ0) is 13.1. The van der Waals surface area contributed by atoms with Crippen molar-refractivity contribution in [1.29, 1.82) is 0 Å². The van der Waals surface area contributed by atoms with Gasteiger partial charge in [-0.05, 0) is 32.9 Å². The summed E-state index contributed by atoms with van der Waals surface area (Å²) in [5.74, 6) is 0. The molecule has 0 aliphatic rings. The molecule has 2 nitrogen and oxygen atoms in total. The fourth-order valence-corrected chi connectivity index (χ4v) is 0.978. The van der Waals surface area contributed by atoms with Gasteiger partial charge >= 0.3 is 6.18 Å². The fraction of sp³-hybridized carbons (Fsp3) is 0.417. The molecule has 0 amide bonds. The molecule has 17 heavy (non-hydrogen) atoms. The molecule has 1 aromatic carbocycles. The summed E-state index contributed by atoms with van der Waals surface area (Å²) in [5, 5.41) is 3.52. The third kappa shape index (κ3) is 4.89. The maximum absolute atomic E-state index is 12.4. The van der Waals surface area contributed by atoms with E-state index >= 15 is 0 Å². The van der Waals surface area contributed by atoms with E-state index in [1.54, 1.807) is 20.8 Å². The van der Waals surface area contributed by atoms with E-state index in [0.29, 0.717) is 0 Å². The minimum Gasteiger partial charge on any atom is -0.390 e. The van der Waals surface area contributed by atoms with Gasteiger partial charge in [0.1, 0.15) is 11.8 Å². The molecule has 0 N–H and O–H groups in total. The molecule has 0 heterocycles. The van der Waals surface area contributed by atoms with E-state index in [9.17, 15) is 13.2 Å². The van der Waals surface area contributed by atoms with Crippen LogP contribution < -0.4 is 0 Å². The van der Waals surface area contributed by atoms with Crippen LogP contribution in [0.4, 0.5) is 13.2 Å². The van der Waals surface area contributed by atoms with Crippen molar-refractivity contribution in [3.8, 4) is 0 Å². The highest BCUT2D eigenvalue weighted by molar-refractivity contribution is 5.79. The van der Waals surface area contributed by atoms with Gasteiger partial charge in [-0.1, -0.05) is 17.3 Å². The van der Waals surface area contributed by atoms with E-state index < -0.39 is 17.3 Å². The van der Waals surface area contributed by atoms with Crippen molar-refractivity contribution < 1.29 is 18.0 Å². The third-order valence-corrected chi connectivity index (χ3v) is 1.68. The SMILES string of the molecule is CC(C)(C)O/N=[C]/c1cccc(C(F)(F)F)c1. The van der Waals surface area contributed by atoms with Crippen LogP contribution in [-0.4, -0.2) is 11.8 Å². The molecule has 0 aromatic heterocycles. The summed E-state index contributed by atoms with van der Waals surface area (Å²) < 4.78 is 37.2. The summed E-state index contributed by atoms with van der Waals surface area (Å²) in [6, 6.07) is 4.74. The summed E-state index contributed by atoms with van der Waals surface area (Å²) in [7, 11) is 0. The Morgan fingerprint density at radius 3 is 2.35 bits per heavy atom. The molecule has 0 atom stereocenters. The Kier molecular flexibility index (Phi) is 3.80. The first-order valence-electron chi connectivity index (χ1n) is 5.00. The number of alkyl halides is 3. The molecule has 0 saturated heterocycles. The van der Waals surface area contributed by atoms with Gasteiger partial charge in [0.05, 0.1) is 5.56 Å². The quantitative estimate of drug-likeness (QED) is 0.573. The standard InChI is InChI=1S/C12H13F3NO/c1-11(2,3)17-16-8-9-5-4-6-10(7-9)12(13,14)15/h4-7H,1-3H3.